The number of carboxylic acids is 1. The van der Waals surface area contributed by atoms with Gasteiger partial charge in [0, 0.05) is 22.8 Å². The second-order valence-electron chi connectivity index (χ2n) is 3.92. The number of aromatic carboxylic acids is 1. The van der Waals surface area contributed by atoms with Crippen molar-refractivity contribution in [3.8, 4) is 5.69 Å². The van der Waals surface area contributed by atoms with Crippen LogP contribution in [0.1, 0.15) is 16.1 Å². The minimum absolute atomic E-state index is 0.00337. The molecular formula is C11H7Cl2N3O4. The summed E-state index contributed by atoms with van der Waals surface area (Å²) in [6.45, 7) is 1.53. The van der Waals surface area contributed by atoms with Crippen LogP contribution in [-0.4, -0.2) is 25.8 Å². The molecule has 0 spiro atoms. The number of carboxylic acid groups (broad SMARTS) is 1. The third kappa shape index (κ3) is 2.45. The van der Waals surface area contributed by atoms with Crippen molar-refractivity contribution < 1.29 is 14.8 Å². The lowest BCUT2D eigenvalue weighted by molar-refractivity contribution is -0.384. The summed E-state index contributed by atoms with van der Waals surface area (Å²) >= 11 is 11.7. The summed E-state index contributed by atoms with van der Waals surface area (Å²) in [6, 6.07) is 2.45. The van der Waals surface area contributed by atoms with E-state index in [0.717, 1.165) is 10.7 Å². The van der Waals surface area contributed by atoms with Crippen LogP contribution < -0.4 is 0 Å². The molecule has 0 amide bonds. The molecule has 0 fully saturated rings. The van der Waals surface area contributed by atoms with Crippen LogP contribution in [-0.2, 0) is 0 Å². The predicted molar refractivity (Wildman–Crippen MR) is 71.9 cm³/mol. The number of benzene rings is 1. The third-order valence-corrected chi connectivity index (χ3v) is 3.04. The number of aromatic nitrogens is 2. The van der Waals surface area contributed by atoms with E-state index in [1.165, 1.54) is 19.2 Å². The van der Waals surface area contributed by atoms with E-state index in [4.69, 9.17) is 28.3 Å². The predicted octanol–water partition coefficient (Wildman–Crippen LogP) is 3.09. The molecule has 0 aliphatic rings. The molecule has 1 heterocycles. The van der Waals surface area contributed by atoms with Crippen LogP contribution in [0.5, 0.6) is 0 Å². The van der Waals surface area contributed by atoms with Crippen molar-refractivity contribution in [3.05, 3.63) is 49.7 Å². The molecule has 0 bridgehead atoms. The van der Waals surface area contributed by atoms with Gasteiger partial charge in [0.15, 0.2) is 11.4 Å². The molecule has 9 heteroatoms. The Morgan fingerprint density at radius 3 is 2.60 bits per heavy atom. The average Bonchev–Trinajstić information content (AvgIpc) is 2.69. The molecule has 1 N–H and O–H groups in total. The van der Waals surface area contributed by atoms with Gasteiger partial charge in [0.1, 0.15) is 0 Å². The lowest BCUT2D eigenvalue weighted by atomic mass is 10.2. The minimum atomic E-state index is -1.23. The molecule has 7 nitrogen and oxygen atoms in total. The molecule has 1 aromatic carbocycles. The van der Waals surface area contributed by atoms with Gasteiger partial charge < -0.3 is 5.11 Å². The normalized spacial score (nSPS) is 10.6. The fourth-order valence-corrected chi connectivity index (χ4v) is 2.27. The van der Waals surface area contributed by atoms with Crippen molar-refractivity contribution in [2.45, 2.75) is 6.92 Å². The Morgan fingerprint density at radius 2 is 2.10 bits per heavy atom. The molecule has 2 rings (SSSR count). The summed E-state index contributed by atoms with van der Waals surface area (Å²) in [6.07, 6.45) is 1.35. The molecule has 0 atom stereocenters. The fraction of sp³-hybridized carbons (Fsp3) is 0.0909. The number of hydrogen-bond acceptors (Lipinski definition) is 4. The second kappa shape index (κ2) is 5.10. The van der Waals surface area contributed by atoms with Gasteiger partial charge in [-0.05, 0) is 13.0 Å². The van der Waals surface area contributed by atoms with E-state index in [9.17, 15) is 14.9 Å². The first-order chi connectivity index (χ1) is 9.31. The summed E-state index contributed by atoms with van der Waals surface area (Å²) in [5.41, 5.74) is -0.235. The lowest BCUT2D eigenvalue weighted by Crippen LogP contribution is -2.04. The highest BCUT2D eigenvalue weighted by Crippen LogP contribution is 2.33. The maximum Gasteiger partial charge on any atom is 0.356 e. The van der Waals surface area contributed by atoms with Crippen molar-refractivity contribution in [3.63, 3.8) is 0 Å². The summed E-state index contributed by atoms with van der Waals surface area (Å²) in [4.78, 5) is 21.4. The quantitative estimate of drug-likeness (QED) is 0.693. The Labute approximate surface area is 122 Å². The Morgan fingerprint density at radius 1 is 1.45 bits per heavy atom. The molecule has 0 aliphatic heterocycles. The van der Waals surface area contributed by atoms with E-state index in [-0.39, 0.29) is 27.1 Å². The number of hydrogen-bond donors (Lipinski definition) is 1. The minimum Gasteiger partial charge on any atom is -0.476 e. The average molecular weight is 316 g/mol. The van der Waals surface area contributed by atoms with Crippen molar-refractivity contribution in [1.29, 1.82) is 0 Å². The van der Waals surface area contributed by atoms with E-state index in [1.54, 1.807) is 0 Å². The van der Waals surface area contributed by atoms with Crippen molar-refractivity contribution in [1.82, 2.24) is 9.78 Å². The smallest absolute Gasteiger partial charge is 0.356 e. The summed E-state index contributed by atoms with van der Waals surface area (Å²) in [7, 11) is 0. The van der Waals surface area contributed by atoms with Gasteiger partial charge in [-0.1, -0.05) is 23.2 Å². The van der Waals surface area contributed by atoms with Gasteiger partial charge in [0.05, 0.1) is 9.95 Å². The van der Waals surface area contributed by atoms with E-state index in [0.29, 0.717) is 5.56 Å². The molecule has 0 aliphatic carbocycles. The van der Waals surface area contributed by atoms with Crippen molar-refractivity contribution in [2.75, 3.05) is 0 Å². The number of carbonyl (C=O) groups is 1. The number of aryl methyl sites for hydroxylation is 1. The number of nitro groups is 1. The Kier molecular flexibility index (Phi) is 3.65. The molecular weight excluding hydrogens is 309 g/mol. The maximum atomic E-state index is 11.1. The van der Waals surface area contributed by atoms with Gasteiger partial charge in [-0.15, -0.1) is 0 Å². The zero-order chi connectivity index (χ0) is 15.0. The molecule has 0 radical (unpaired) electrons. The largest absolute Gasteiger partial charge is 0.476 e. The van der Waals surface area contributed by atoms with Crippen LogP contribution in [0.15, 0.2) is 18.3 Å². The van der Waals surface area contributed by atoms with Crippen molar-refractivity contribution in [2.24, 2.45) is 0 Å². The molecule has 1 aromatic heterocycles. The number of rotatable bonds is 3. The SMILES string of the molecule is Cc1cn(-c2c(Cl)cc(Cl)cc2[N+](=O)[O-])nc1C(=O)O. The van der Waals surface area contributed by atoms with Gasteiger partial charge in [0.2, 0.25) is 0 Å². The summed E-state index contributed by atoms with van der Waals surface area (Å²) in [5, 5.41) is 23.9. The van der Waals surface area contributed by atoms with Crippen LogP contribution >= 0.6 is 23.2 Å². The highest BCUT2D eigenvalue weighted by atomic mass is 35.5. The van der Waals surface area contributed by atoms with Crippen LogP contribution in [0.4, 0.5) is 5.69 Å². The van der Waals surface area contributed by atoms with Crippen molar-refractivity contribution >= 4 is 34.9 Å². The van der Waals surface area contributed by atoms with Gasteiger partial charge in [-0.2, -0.15) is 5.10 Å². The van der Waals surface area contributed by atoms with Crippen LogP contribution in [0.2, 0.25) is 10.0 Å². The first-order valence-corrected chi connectivity index (χ1v) is 6.00. The second-order valence-corrected chi connectivity index (χ2v) is 4.77. The topological polar surface area (TPSA) is 98.3 Å². The molecule has 0 unspecified atom stereocenters. The lowest BCUT2D eigenvalue weighted by Gasteiger charge is -2.06. The molecule has 2 aromatic rings. The zero-order valence-corrected chi connectivity index (χ0v) is 11.5. The number of nitro benzene ring substituents is 1. The van der Waals surface area contributed by atoms with Crippen LogP contribution in [0.3, 0.4) is 0 Å². The highest BCUT2D eigenvalue weighted by Gasteiger charge is 2.23. The first-order valence-electron chi connectivity index (χ1n) is 5.24. The van der Waals surface area contributed by atoms with E-state index < -0.39 is 10.9 Å². The standard InChI is InChI=1S/C11H7Cl2N3O4/c1-5-4-15(14-9(5)11(17)18)10-7(13)2-6(12)3-8(10)16(19)20/h2-4H,1H3,(H,17,18). The molecule has 104 valence electrons. The Hall–Kier alpha value is -2.12. The van der Waals surface area contributed by atoms with Gasteiger partial charge >= 0.3 is 5.97 Å². The first kappa shape index (κ1) is 14.3. The van der Waals surface area contributed by atoms with E-state index >= 15 is 0 Å². The summed E-state index contributed by atoms with van der Waals surface area (Å²) in [5.74, 6) is -1.23. The van der Waals surface area contributed by atoms with Gasteiger partial charge in [-0.3, -0.25) is 10.1 Å². The Balaban J connectivity index is 2.72. The zero-order valence-electron chi connectivity index (χ0n) is 10.0. The molecule has 20 heavy (non-hydrogen) atoms. The van der Waals surface area contributed by atoms with Crippen LogP contribution in [0.25, 0.3) is 5.69 Å². The number of nitrogens with zero attached hydrogens (tertiary/aromatic N) is 3. The molecule has 0 saturated carbocycles. The van der Waals surface area contributed by atoms with Gasteiger partial charge in [0.25, 0.3) is 5.69 Å². The van der Waals surface area contributed by atoms with Crippen LogP contribution in [0, 0.1) is 17.0 Å². The van der Waals surface area contributed by atoms with E-state index in [1.807, 2.05) is 0 Å². The monoisotopic (exact) mass is 315 g/mol. The highest BCUT2D eigenvalue weighted by molar-refractivity contribution is 6.36. The van der Waals surface area contributed by atoms with E-state index in [2.05, 4.69) is 5.10 Å². The molecule has 0 saturated heterocycles. The fourth-order valence-electron chi connectivity index (χ4n) is 1.70. The summed E-state index contributed by atoms with van der Waals surface area (Å²) < 4.78 is 1.07. The third-order valence-electron chi connectivity index (χ3n) is 2.53. The maximum absolute atomic E-state index is 11.1. The van der Waals surface area contributed by atoms with Gasteiger partial charge in [-0.25, -0.2) is 9.48 Å². The Bertz CT molecular complexity index is 727. The number of halogens is 2.